The maximum atomic E-state index is 11.4. The second-order valence-corrected chi connectivity index (χ2v) is 4.18. The van der Waals surface area contributed by atoms with Gasteiger partial charge in [0.2, 0.25) is 0 Å². The van der Waals surface area contributed by atoms with E-state index in [9.17, 15) is 9.59 Å². The Bertz CT molecular complexity index is 249. The average molecular weight is 198 g/mol. The number of carbonyl (C=O) groups excluding carboxylic acids is 2. The van der Waals surface area contributed by atoms with Crippen molar-refractivity contribution >= 4 is 11.9 Å². The molecule has 0 aromatic rings. The third-order valence-corrected chi connectivity index (χ3v) is 2.68. The quantitative estimate of drug-likeness (QED) is 0.550. The number of imide groups is 1. The van der Waals surface area contributed by atoms with E-state index in [0.29, 0.717) is 6.54 Å². The Morgan fingerprint density at radius 2 is 1.93 bits per heavy atom. The van der Waals surface area contributed by atoms with Gasteiger partial charge < -0.3 is 4.90 Å². The summed E-state index contributed by atoms with van der Waals surface area (Å²) in [4.78, 5) is 24.4. The zero-order chi connectivity index (χ0) is 10.8. The van der Waals surface area contributed by atoms with Crippen LogP contribution in [0.4, 0.5) is 4.79 Å². The molecule has 3 amide bonds. The molecule has 1 aliphatic rings. The lowest BCUT2D eigenvalue weighted by atomic mass is 10.0. The molecule has 0 bridgehead atoms. The Hall–Kier alpha value is -1.06. The fraction of sp³-hybridized carbons (Fsp3) is 0.800. The predicted molar refractivity (Wildman–Crippen MR) is 53.8 cm³/mol. The molecule has 80 valence electrons. The minimum absolute atomic E-state index is 0.195. The van der Waals surface area contributed by atoms with Gasteiger partial charge in [-0.05, 0) is 20.3 Å². The number of unbranched alkanes of at least 4 members (excludes halogenated alkanes) is 2. The first-order chi connectivity index (χ1) is 6.50. The zero-order valence-corrected chi connectivity index (χ0v) is 9.09. The number of amides is 3. The van der Waals surface area contributed by atoms with Gasteiger partial charge in [-0.3, -0.25) is 10.1 Å². The highest BCUT2D eigenvalue weighted by Crippen LogP contribution is 2.21. The van der Waals surface area contributed by atoms with E-state index in [1.54, 1.807) is 18.7 Å². The highest BCUT2D eigenvalue weighted by Gasteiger charge is 2.44. The molecule has 0 aliphatic carbocycles. The van der Waals surface area contributed by atoms with Crippen LogP contribution in [0, 0.1) is 0 Å². The summed E-state index contributed by atoms with van der Waals surface area (Å²) < 4.78 is 0. The predicted octanol–water partition coefficient (Wildman–Crippen LogP) is 1.51. The van der Waals surface area contributed by atoms with Crippen LogP contribution in [-0.4, -0.2) is 28.9 Å². The van der Waals surface area contributed by atoms with Crippen molar-refractivity contribution in [3.8, 4) is 0 Å². The van der Waals surface area contributed by atoms with E-state index >= 15 is 0 Å². The summed E-state index contributed by atoms with van der Waals surface area (Å²) >= 11 is 0. The minimum atomic E-state index is -0.676. The van der Waals surface area contributed by atoms with Crippen molar-refractivity contribution in [2.24, 2.45) is 0 Å². The van der Waals surface area contributed by atoms with Crippen LogP contribution in [0.5, 0.6) is 0 Å². The topological polar surface area (TPSA) is 49.4 Å². The monoisotopic (exact) mass is 198 g/mol. The first-order valence-corrected chi connectivity index (χ1v) is 5.13. The second-order valence-electron chi connectivity index (χ2n) is 4.18. The van der Waals surface area contributed by atoms with Gasteiger partial charge in [0, 0.05) is 6.54 Å². The fourth-order valence-corrected chi connectivity index (χ4v) is 1.59. The van der Waals surface area contributed by atoms with Crippen molar-refractivity contribution in [3.05, 3.63) is 0 Å². The number of nitrogens with one attached hydrogen (secondary N) is 1. The summed E-state index contributed by atoms with van der Waals surface area (Å²) in [6.07, 6.45) is 3.17. The maximum Gasteiger partial charge on any atom is 0.324 e. The van der Waals surface area contributed by atoms with Crippen LogP contribution in [0.3, 0.4) is 0 Å². The number of hydrogen-bond acceptors (Lipinski definition) is 2. The van der Waals surface area contributed by atoms with Crippen LogP contribution >= 0.6 is 0 Å². The van der Waals surface area contributed by atoms with Crippen LogP contribution in [0.25, 0.3) is 0 Å². The van der Waals surface area contributed by atoms with Crippen molar-refractivity contribution in [2.75, 3.05) is 6.54 Å². The first kappa shape index (κ1) is 11.0. The van der Waals surface area contributed by atoms with Crippen LogP contribution in [-0.2, 0) is 4.79 Å². The molecule has 1 saturated heterocycles. The third-order valence-electron chi connectivity index (χ3n) is 2.68. The molecule has 0 saturated carbocycles. The van der Waals surface area contributed by atoms with E-state index in [1.807, 2.05) is 0 Å². The Kier molecular flexibility index (Phi) is 3.13. The molecule has 14 heavy (non-hydrogen) atoms. The standard InChI is InChI=1S/C10H18N2O2/c1-4-5-6-7-12-9(14)11-8(13)10(12,2)3/h4-7H2,1-3H3,(H,11,13,14). The van der Waals surface area contributed by atoms with E-state index in [0.717, 1.165) is 19.3 Å². The summed E-state index contributed by atoms with van der Waals surface area (Å²) in [5.74, 6) is -0.195. The summed E-state index contributed by atoms with van der Waals surface area (Å²) in [5.41, 5.74) is -0.676. The SMILES string of the molecule is CCCCCN1C(=O)NC(=O)C1(C)C. The van der Waals surface area contributed by atoms with Gasteiger partial charge in [-0.1, -0.05) is 19.8 Å². The Labute approximate surface area is 84.7 Å². The summed E-state index contributed by atoms with van der Waals surface area (Å²) in [7, 11) is 0. The molecule has 1 heterocycles. The van der Waals surface area contributed by atoms with E-state index in [-0.39, 0.29) is 11.9 Å². The van der Waals surface area contributed by atoms with Crippen molar-refractivity contribution in [1.29, 1.82) is 0 Å². The van der Waals surface area contributed by atoms with Crippen molar-refractivity contribution < 1.29 is 9.59 Å². The third kappa shape index (κ3) is 1.89. The van der Waals surface area contributed by atoms with Crippen molar-refractivity contribution in [2.45, 2.75) is 45.6 Å². The Morgan fingerprint density at radius 3 is 2.36 bits per heavy atom. The molecule has 0 radical (unpaired) electrons. The molecule has 1 rings (SSSR count). The fourth-order valence-electron chi connectivity index (χ4n) is 1.59. The molecule has 1 aliphatic heterocycles. The first-order valence-electron chi connectivity index (χ1n) is 5.13. The van der Waals surface area contributed by atoms with Crippen LogP contribution in [0.15, 0.2) is 0 Å². The van der Waals surface area contributed by atoms with Crippen molar-refractivity contribution in [1.82, 2.24) is 10.2 Å². The van der Waals surface area contributed by atoms with Crippen LogP contribution in [0.2, 0.25) is 0 Å². The molecule has 0 aromatic carbocycles. The van der Waals surface area contributed by atoms with Gasteiger partial charge in [-0.25, -0.2) is 4.79 Å². The average Bonchev–Trinajstić information content (AvgIpc) is 2.28. The molecule has 4 nitrogen and oxygen atoms in total. The molecule has 1 N–H and O–H groups in total. The Morgan fingerprint density at radius 1 is 1.29 bits per heavy atom. The largest absolute Gasteiger partial charge is 0.324 e. The molecule has 0 atom stereocenters. The number of carbonyl (C=O) groups is 2. The highest BCUT2D eigenvalue weighted by molar-refractivity contribution is 6.06. The van der Waals surface area contributed by atoms with Gasteiger partial charge in [0.25, 0.3) is 5.91 Å². The molecule has 4 heteroatoms. The van der Waals surface area contributed by atoms with Gasteiger partial charge in [0.05, 0.1) is 0 Å². The van der Waals surface area contributed by atoms with E-state index in [4.69, 9.17) is 0 Å². The number of nitrogens with zero attached hydrogens (tertiary/aromatic N) is 1. The van der Waals surface area contributed by atoms with Gasteiger partial charge in [-0.15, -0.1) is 0 Å². The minimum Gasteiger partial charge on any atom is -0.310 e. The van der Waals surface area contributed by atoms with Gasteiger partial charge >= 0.3 is 6.03 Å². The molecule has 1 fully saturated rings. The van der Waals surface area contributed by atoms with E-state index in [1.165, 1.54) is 0 Å². The van der Waals surface area contributed by atoms with Crippen molar-refractivity contribution in [3.63, 3.8) is 0 Å². The normalized spacial score (nSPS) is 20.1. The molecular formula is C10H18N2O2. The lowest BCUT2D eigenvalue weighted by molar-refractivity contribution is -0.125. The summed E-state index contributed by atoms with van der Waals surface area (Å²) in [5, 5.41) is 2.33. The molecular weight excluding hydrogens is 180 g/mol. The van der Waals surface area contributed by atoms with Gasteiger partial charge in [0.1, 0.15) is 5.54 Å². The smallest absolute Gasteiger partial charge is 0.310 e. The number of rotatable bonds is 4. The number of urea groups is 1. The highest BCUT2D eigenvalue weighted by atomic mass is 16.2. The maximum absolute atomic E-state index is 11.4. The zero-order valence-electron chi connectivity index (χ0n) is 9.09. The van der Waals surface area contributed by atoms with Crippen LogP contribution in [0.1, 0.15) is 40.0 Å². The van der Waals surface area contributed by atoms with Gasteiger partial charge in [0.15, 0.2) is 0 Å². The van der Waals surface area contributed by atoms with E-state index < -0.39 is 5.54 Å². The summed E-state index contributed by atoms with van der Waals surface area (Å²) in [6.45, 7) is 6.33. The second kappa shape index (κ2) is 3.98. The lowest BCUT2D eigenvalue weighted by Gasteiger charge is -2.27. The Balaban J connectivity index is 2.58. The molecule has 0 unspecified atom stereocenters. The van der Waals surface area contributed by atoms with Crippen LogP contribution < -0.4 is 5.32 Å². The van der Waals surface area contributed by atoms with E-state index in [2.05, 4.69) is 12.2 Å². The molecule has 0 aromatic heterocycles. The van der Waals surface area contributed by atoms with Gasteiger partial charge in [-0.2, -0.15) is 0 Å². The molecule has 0 spiro atoms. The number of hydrogen-bond donors (Lipinski definition) is 1. The summed E-state index contributed by atoms with van der Waals surface area (Å²) in [6, 6.07) is -0.254. The lowest BCUT2D eigenvalue weighted by Crippen LogP contribution is -2.44.